The van der Waals surface area contributed by atoms with Crippen molar-refractivity contribution in [2.24, 2.45) is 11.8 Å². The van der Waals surface area contributed by atoms with Gasteiger partial charge >= 0.3 is 0 Å². The lowest BCUT2D eigenvalue weighted by atomic mass is 9.73. The van der Waals surface area contributed by atoms with Gasteiger partial charge in [0.25, 0.3) is 0 Å². The molecule has 2 aliphatic rings. The summed E-state index contributed by atoms with van der Waals surface area (Å²) in [6.45, 7) is 2.28. The molecule has 1 N–H and O–H groups in total. The molecule has 0 saturated heterocycles. The van der Waals surface area contributed by atoms with Crippen LogP contribution >= 0.6 is 0 Å². The largest absolute Gasteiger partial charge is 0.390 e. The molecule has 0 radical (unpaired) electrons. The summed E-state index contributed by atoms with van der Waals surface area (Å²) in [6.07, 6.45) is 15.5. The molecule has 2 rings (SSSR count). The third-order valence-electron chi connectivity index (χ3n) is 5.24. The number of hydrogen-bond donors (Lipinski definition) is 1. The first-order chi connectivity index (χ1) is 8.22. The maximum absolute atomic E-state index is 10.7. The minimum absolute atomic E-state index is 0.295. The molecule has 2 aliphatic carbocycles. The summed E-state index contributed by atoms with van der Waals surface area (Å²) in [6, 6.07) is 0. The molecule has 0 spiro atoms. The highest BCUT2D eigenvalue weighted by Gasteiger charge is 2.33. The molecule has 100 valence electrons. The van der Waals surface area contributed by atoms with Crippen LogP contribution in [0.15, 0.2) is 0 Å². The summed E-state index contributed by atoms with van der Waals surface area (Å²) >= 11 is 0. The lowest BCUT2D eigenvalue weighted by molar-refractivity contribution is -0.0291. The van der Waals surface area contributed by atoms with Gasteiger partial charge in [0.1, 0.15) is 0 Å². The van der Waals surface area contributed by atoms with Gasteiger partial charge in [-0.2, -0.15) is 0 Å². The van der Waals surface area contributed by atoms with Crippen LogP contribution < -0.4 is 0 Å². The molecule has 0 aliphatic heterocycles. The van der Waals surface area contributed by atoms with E-state index in [-0.39, 0.29) is 5.60 Å². The van der Waals surface area contributed by atoms with E-state index < -0.39 is 0 Å². The maximum atomic E-state index is 10.7. The SMILES string of the molecule is CCC1CCCC(O)(CCC2CCCCC2)C1. The minimum Gasteiger partial charge on any atom is -0.390 e. The van der Waals surface area contributed by atoms with Crippen LogP contribution in [0.2, 0.25) is 0 Å². The molecule has 1 heteroatoms. The molecular weight excluding hydrogens is 208 g/mol. The zero-order chi connectivity index (χ0) is 12.1. The van der Waals surface area contributed by atoms with Crippen molar-refractivity contribution >= 4 is 0 Å². The average Bonchev–Trinajstić information content (AvgIpc) is 2.38. The van der Waals surface area contributed by atoms with Gasteiger partial charge in [-0.15, -0.1) is 0 Å². The maximum Gasteiger partial charge on any atom is 0.0650 e. The van der Waals surface area contributed by atoms with Crippen molar-refractivity contribution in [3.05, 3.63) is 0 Å². The molecule has 2 fully saturated rings. The van der Waals surface area contributed by atoms with Crippen LogP contribution in [0.5, 0.6) is 0 Å². The number of hydrogen-bond acceptors (Lipinski definition) is 1. The Bertz CT molecular complexity index is 220. The Morgan fingerprint density at radius 2 is 1.71 bits per heavy atom. The van der Waals surface area contributed by atoms with Crippen molar-refractivity contribution in [3.63, 3.8) is 0 Å². The highest BCUT2D eigenvalue weighted by atomic mass is 16.3. The number of rotatable bonds is 4. The molecule has 2 atom stereocenters. The fraction of sp³-hybridized carbons (Fsp3) is 1.00. The van der Waals surface area contributed by atoms with Gasteiger partial charge in [-0.25, -0.2) is 0 Å². The predicted molar refractivity (Wildman–Crippen MR) is 73.0 cm³/mol. The average molecular weight is 238 g/mol. The van der Waals surface area contributed by atoms with Crippen LogP contribution in [0.25, 0.3) is 0 Å². The second kappa shape index (κ2) is 6.22. The zero-order valence-corrected chi connectivity index (χ0v) is 11.6. The molecule has 1 nitrogen and oxygen atoms in total. The molecule has 0 amide bonds. The van der Waals surface area contributed by atoms with Crippen molar-refractivity contribution in [1.82, 2.24) is 0 Å². The monoisotopic (exact) mass is 238 g/mol. The smallest absolute Gasteiger partial charge is 0.0650 e. The quantitative estimate of drug-likeness (QED) is 0.754. The summed E-state index contributed by atoms with van der Waals surface area (Å²) < 4.78 is 0. The summed E-state index contributed by atoms with van der Waals surface area (Å²) in [5.41, 5.74) is -0.295. The van der Waals surface area contributed by atoms with E-state index in [1.807, 2.05) is 0 Å². The third-order valence-corrected chi connectivity index (χ3v) is 5.24. The molecule has 0 aromatic rings. The first-order valence-electron chi connectivity index (χ1n) is 7.94. The lowest BCUT2D eigenvalue weighted by Crippen LogP contribution is -2.35. The second-order valence-corrected chi connectivity index (χ2v) is 6.64. The zero-order valence-electron chi connectivity index (χ0n) is 11.6. The van der Waals surface area contributed by atoms with Crippen LogP contribution in [0.3, 0.4) is 0 Å². The first-order valence-corrected chi connectivity index (χ1v) is 7.94. The topological polar surface area (TPSA) is 20.2 Å². The summed E-state index contributed by atoms with van der Waals surface area (Å²) in [5, 5.41) is 10.7. The van der Waals surface area contributed by atoms with Crippen LogP contribution in [-0.4, -0.2) is 10.7 Å². The van der Waals surface area contributed by atoms with Crippen LogP contribution in [0.1, 0.15) is 84.0 Å². The Hall–Kier alpha value is -0.0400. The van der Waals surface area contributed by atoms with Crippen molar-refractivity contribution in [2.45, 2.75) is 89.6 Å². The Morgan fingerprint density at radius 1 is 1.00 bits per heavy atom. The highest BCUT2D eigenvalue weighted by molar-refractivity contribution is 4.86. The van der Waals surface area contributed by atoms with Gasteiger partial charge in [0.05, 0.1) is 5.60 Å². The molecule has 2 unspecified atom stereocenters. The van der Waals surface area contributed by atoms with E-state index in [2.05, 4.69) is 6.92 Å². The molecule has 0 bridgehead atoms. The van der Waals surface area contributed by atoms with Crippen LogP contribution in [0, 0.1) is 11.8 Å². The van der Waals surface area contributed by atoms with Crippen LogP contribution in [0.4, 0.5) is 0 Å². The van der Waals surface area contributed by atoms with E-state index in [1.165, 1.54) is 57.8 Å². The Labute approximate surface area is 107 Å². The molecule has 2 saturated carbocycles. The molecule has 0 aromatic carbocycles. The van der Waals surface area contributed by atoms with E-state index in [0.717, 1.165) is 31.1 Å². The second-order valence-electron chi connectivity index (χ2n) is 6.64. The van der Waals surface area contributed by atoms with Gasteiger partial charge in [0.15, 0.2) is 0 Å². The Kier molecular flexibility index (Phi) is 4.90. The van der Waals surface area contributed by atoms with Gasteiger partial charge in [-0.05, 0) is 37.5 Å². The van der Waals surface area contributed by atoms with Crippen molar-refractivity contribution < 1.29 is 5.11 Å². The van der Waals surface area contributed by atoms with Gasteiger partial charge < -0.3 is 5.11 Å². The third kappa shape index (κ3) is 3.98. The van der Waals surface area contributed by atoms with E-state index in [1.54, 1.807) is 0 Å². The lowest BCUT2D eigenvalue weighted by Gasteiger charge is -2.38. The number of aliphatic hydroxyl groups is 1. The minimum atomic E-state index is -0.295. The van der Waals surface area contributed by atoms with E-state index in [9.17, 15) is 5.11 Å². The van der Waals surface area contributed by atoms with Gasteiger partial charge in [-0.1, -0.05) is 58.3 Å². The molecule has 17 heavy (non-hydrogen) atoms. The standard InChI is InChI=1S/C16H30O/c1-2-14-9-6-11-16(17,13-14)12-10-15-7-4-3-5-8-15/h14-15,17H,2-13H2,1H3. The van der Waals surface area contributed by atoms with Crippen molar-refractivity contribution in [1.29, 1.82) is 0 Å². The Balaban J connectivity index is 1.75. The summed E-state index contributed by atoms with van der Waals surface area (Å²) in [4.78, 5) is 0. The molecule has 0 heterocycles. The van der Waals surface area contributed by atoms with E-state index in [4.69, 9.17) is 0 Å². The van der Waals surface area contributed by atoms with Crippen LogP contribution in [-0.2, 0) is 0 Å². The fourth-order valence-electron chi connectivity index (χ4n) is 3.99. The highest BCUT2D eigenvalue weighted by Crippen LogP contribution is 2.39. The summed E-state index contributed by atoms with van der Waals surface area (Å²) in [7, 11) is 0. The summed E-state index contributed by atoms with van der Waals surface area (Å²) in [5.74, 6) is 1.72. The van der Waals surface area contributed by atoms with Crippen molar-refractivity contribution in [2.75, 3.05) is 0 Å². The first kappa shape index (κ1) is 13.4. The van der Waals surface area contributed by atoms with E-state index in [0.29, 0.717) is 0 Å². The predicted octanol–water partition coefficient (Wildman–Crippen LogP) is 4.68. The molecular formula is C16H30O. The molecule has 0 aromatic heterocycles. The normalized spacial score (nSPS) is 36.0. The van der Waals surface area contributed by atoms with Gasteiger partial charge in [0, 0.05) is 0 Å². The Morgan fingerprint density at radius 3 is 2.41 bits per heavy atom. The van der Waals surface area contributed by atoms with Gasteiger partial charge in [-0.3, -0.25) is 0 Å². The van der Waals surface area contributed by atoms with Crippen molar-refractivity contribution in [3.8, 4) is 0 Å². The fourth-order valence-corrected chi connectivity index (χ4v) is 3.99. The van der Waals surface area contributed by atoms with Gasteiger partial charge in [0.2, 0.25) is 0 Å². The van der Waals surface area contributed by atoms with E-state index >= 15 is 0 Å².